The van der Waals surface area contributed by atoms with Gasteiger partial charge in [0.1, 0.15) is 0 Å². The first-order valence-electron chi connectivity index (χ1n) is 7.00. The van der Waals surface area contributed by atoms with Crippen LogP contribution in [0.2, 0.25) is 0 Å². The van der Waals surface area contributed by atoms with Crippen LogP contribution in [-0.4, -0.2) is 18.0 Å². The Morgan fingerprint density at radius 2 is 2.00 bits per heavy atom. The molecule has 17 heavy (non-hydrogen) atoms. The van der Waals surface area contributed by atoms with Crippen molar-refractivity contribution in [2.45, 2.75) is 77.8 Å². The number of hydrogen-bond acceptors (Lipinski definition) is 2. The molecule has 0 aromatic heterocycles. The molecule has 1 aliphatic carbocycles. The number of hydrogen-bond donors (Lipinski definition) is 2. The van der Waals surface area contributed by atoms with Gasteiger partial charge in [0.15, 0.2) is 0 Å². The fraction of sp³-hybridized carbons (Fsp3) is 0.929. The van der Waals surface area contributed by atoms with Crippen molar-refractivity contribution in [1.29, 1.82) is 0 Å². The highest BCUT2D eigenvalue weighted by Crippen LogP contribution is 2.34. The zero-order valence-electron chi connectivity index (χ0n) is 11.6. The van der Waals surface area contributed by atoms with Crippen molar-refractivity contribution in [3.63, 3.8) is 0 Å². The summed E-state index contributed by atoms with van der Waals surface area (Å²) in [6.07, 6.45) is 7.52. The normalized spacial score (nSPS) is 22.1. The Bertz CT molecular complexity index is 241. The van der Waals surface area contributed by atoms with Gasteiger partial charge in [-0.2, -0.15) is 0 Å². The smallest absolute Gasteiger partial charge is 0.237 e. The van der Waals surface area contributed by atoms with E-state index in [9.17, 15) is 4.79 Å². The predicted octanol–water partition coefficient (Wildman–Crippen LogP) is 2.59. The molecule has 3 nitrogen and oxygen atoms in total. The first-order valence-corrected chi connectivity index (χ1v) is 7.00. The molecule has 0 heterocycles. The third-order valence-corrected chi connectivity index (χ3v) is 3.89. The molecule has 0 aliphatic heterocycles. The van der Waals surface area contributed by atoms with Crippen LogP contribution in [0.25, 0.3) is 0 Å². The highest BCUT2D eigenvalue weighted by atomic mass is 16.2. The standard InChI is InChI=1S/C14H28N2O/c1-4-5-6-12(15)13(17)16-11-7-9-14(2,3)10-8-11/h11-12H,4-10,15H2,1-3H3,(H,16,17). The van der Waals surface area contributed by atoms with Gasteiger partial charge in [-0.25, -0.2) is 0 Å². The monoisotopic (exact) mass is 240 g/mol. The number of carbonyl (C=O) groups excluding carboxylic acids is 1. The summed E-state index contributed by atoms with van der Waals surface area (Å²) in [5.74, 6) is 0.0446. The number of rotatable bonds is 5. The zero-order chi connectivity index (χ0) is 12.9. The van der Waals surface area contributed by atoms with E-state index in [1.54, 1.807) is 0 Å². The quantitative estimate of drug-likeness (QED) is 0.776. The van der Waals surface area contributed by atoms with Gasteiger partial charge in [-0.1, -0.05) is 33.6 Å². The SMILES string of the molecule is CCCCC(N)C(=O)NC1CCC(C)(C)CC1. The molecule has 0 spiro atoms. The number of nitrogens with one attached hydrogen (secondary N) is 1. The lowest BCUT2D eigenvalue weighted by molar-refractivity contribution is -0.123. The lowest BCUT2D eigenvalue weighted by atomic mass is 9.75. The van der Waals surface area contributed by atoms with E-state index >= 15 is 0 Å². The van der Waals surface area contributed by atoms with Crippen LogP contribution in [0.4, 0.5) is 0 Å². The number of amides is 1. The van der Waals surface area contributed by atoms with Gasteiger partial charge in [-0.15, -0.1) is 0 Å². The molecule has 0 aromatic carbocycles. The average Bonchev–Trinajstić information content (AvgIpc) is 2.28. The van der Waals surface area contributed by atoms with E-state index < -0.39 is 0 Å². The molecule has 1 saturated carbocycles. The Morgan fingerprint density at radius 1 is 1.41 bits per heavy atom. The average molecular weight is 240 g/mol. The maximum atomic E-state index is 11.8. The van der Waals surface area contributed by atoms with Crippen LogP contribution in [0.5, 0.6) is 0 Å². The molecule has 0 saturated heterocycles. The summed E-state index contributed by atoms with van der Waals surface area (Å²) in [5.41, 5.74) is 6.31. The molecule has 1 fully saturated rings. The predicted molar refractivity (Wildman–Crippen MR) is 71.7 cm³/mol. The van der Waals surface area contributed by atoms with E-state index in [1.165, 1.54) is 12.8 Å². The van der Waals surface area contributed by atoms with Crippen molar-refractivity contribution < 1.29 is 4.79 Å². The highest BCUT2D eigenvalue weighted by molar-refractivity contribution is 5.81. The summed E-state index contributed by atoms with van der Waals surface area (Å²) < 4.78 is 0. The Morgan fingerprint density at radius 3 is 2.53 bits per heavy atom. The summed E-state index contributed by atoms with van der Waals surface area (Å²) in [7, 11) is 0. The molecule has 1 unspecified atom stereocenters. The van der Waals surface area contributed by atoms with Gasteiger partial charge < -0.3 is 11.1 Å². The van der Waals surface area contributed by atoms with Gasteiger partial charge >= 0.3 is 0 Å². The minimum atomic E-state index is -0.315. The topological polar surface area (TPSA) is 55.1 Å². The Labute approximate surface area is 106 Å². The van der Waals surface area contributed by atoms with Crippen LogP contribution in [0.15, 0.2) is 0 Å². The minimum Gasteiger partial charge on any atom is -0.352 e. The third kappa shape index (κ3) is 5.07. The van der Waals surface area contributed by atoms with Crippen LogP contribution >= 0.6 is 0 Å². The van der Waals surface area contributed by atoms with Gasteiger partial charge in [-0.05, 0) is 37.5 Å². The molecule has 1 aliphatic rings. The van der Waals surface area contributed by atoms with Gasteiger partial charge in [0, 0.05) is 6.04 Å². The molecule has 1 rings (SSSR count). The van der Waals surface area contributed by atoms with Crippen molar-refractivity contribution in [1.82, 2.24) is 5.32 Å². The van der Waals surface area contributed by atoms with E-state index in [0.29, 0.717) is 11.5 Å². The number of nitrogens with two attached hydrogens (primary N) is 1. The summed E-state index contributed by atoms with van der Waals surface area (Å²) in [4.78, 5) is 11.8. The highest BCUT2D eigenvalue weighted by Gasteiger charge is 2.28. The first kappa shape index (κ1) is 14.5. The zero-order valence-corrected chi connectivity index (χ0v) is 11.6. The van der Waals surface area contributed by atoms with Crippen molar-refractivity contribution in [3.05, 3.63) is 0 Å². The van der Waals surface area contributed by atoms with Crippen molar-refractivity contribution >= 4 is 5.91 Å². The molecule has 0 aromatic rings. The third-order valence-electron chi connectivity index (χ3n) is 3.89. The van der Waals surface area contributed by atoms with E-state index in [1.807, 2.05) is 0 Å². The molecule has 1 amide bonds. The summed E-state index contributed by atoms with van der Waals surface area (Å²) in [6.45, 7) is 6.73. The molecule has 3 N–H and O–H groups in total. The minimum absolute atomic E-state index is 0.0446. The lowest BCUT2D eigenvalue weighted by Gasteiger charge is -2.35. The van der Waals surface area contributed by atoms with Crippen LogP contribution in [0.1, 0.15) is 65.7 Å². The Balaban J connectivity index is 2.27. The van der Waals surface area contributed by atoms with Crippen LogP contribution in [0, 0.1) is 5.41 Å². The Kier molecular flexibility index (Phi) is 5.44. The molecule has 100 valence electrons. The lowest BCUT2D eigenvalue weighted by Crippen LogP contribution is -2.47. The maximum absolute atomic E-state index is 11.8. The molecule has 0 radical (unpaired) electrons. The summed E-state index contributed by atoms with van der Waals surface area (Å²) >= 11 is 0. The van der Waals surface area contributed by atoms with E-state index in [0.717, 1.165) is 32.1 Å². The van der Waals surface area contributed by atoms with Gasteiger partial charge in [0.25, 0.3) is 0 Å². The maximum Gasteiger partial charge on any atom is 0.237 e. The molecule has 3 heteroatoms. The van der Waals surface area contributed by atoms with Gasteiger partial charge in [0.2, 0.25) is 5.91 Å². The first-order chi connectivity index (χ1) is 7.94. The molecular weight excluding hydrogens is 212 g/mol. The number of carbonyl (C=O) groups is 1. The fourth-order valence-corrected chi connectivity index (χ4v) is 2.41. The van der Waals surface area contributed by atoms with E-state index in [-0.39, 0.29) is 11.9 Å². The summed E-state index contributed by atoms with van der Waals surface area (Å²) in [6, 6.07) is 0.0353. The van der Waals surface area contributed by atoms with Gasteiger partial charge in [-0.3, -0.25) is 4.79 Å². The van der Waals surface area contributed by atoms with Gasteiger partial charge in [0.05, 0.1) is 6.04 Å². The molecule has 0 bridgehead atoms. The number of unbranched alkanes of at least 4 members (excludes halogenated alkanes) is 1. The largest absolute Gasteiger partial charge is 0.352 e. The van der Waals surface area contributed by atoms with Crippen LogP contribution in [-0.2, 0) is 4.79 Å². The second-order valence-electron chi connectivity index (χ2n) is 6.20. The second kappa shape index (κ2) is 6.39. The molecule has 1 atom stereocenters. The fourth-order valence-electron chi connectivity index (χ4n) is 2.41. The summed E-state index contributed by atoms with van der Waals surface area (Å²) in [5, 5.41) is 3.10. The van der Waals surface area contributed by atoms with Crippen LogP contribution in [0.3, 0.4) is 0 Å². The second-order valence-corrected chi connectivity index (χ2v) is 6.20. The van der Waals surface area contributed by atoms with Crippen molar-refractivity contribution in [2.24, 2.45) is 11.1 Å². The van der Waals surface area contributed by atoms with Crippen molar-refractivity contribution in [2.75, 3.05) is 0 Å². The van der Waals surface area contributed by atoms with E-state index in [2.05, 4.69) is 26.1 Å². The molecular formula is C14H28N2O. The van der Waals surface area contributed by atoms with E-state index in [4.69, 9.17) is 5.73 Å². The van der Waals surface area contributed by atoms with Crippen LogP contribution < -0.4 is 11.1 Å². The Hall–Kier alpha value is -0.570. The van der Waals surface area contributed by atoms with Crippen molar-refractivity contribution in [3.8, 4) is 0 Å².